The summed E-state index contributed by atoms with van der Waals surface area (Å²) in [6, 6.07) is 3.30. The summed E-state index contributed by atoms with van der Waals surface area (Å²) in [6.07, 6.45) is 2.28. The Hall–Kier alpha value is -1.23. The molecule has 1 aromatic heterocycles. The Morgan fingerprint density at radius 3 is 2.85 bits per heavy atom. The third-order valence-electron chi connectivity index (χ3n) is 4.15. The van der Waals surface area contributed by atoms with Crippen molar-refractivity contribution in [1.82, 2.24) is 20.5 Å². The van der Waals surface area contributed by atoms with Gasteiger partial charge in [0.1, 0.15) is 4.21 Å². The predicted molar refractivity (Wildman–Crippen MR) is 107 cm³/mol. The van der Waals surface area contributed by atoms with Gasteiger partial charge in [-0.05, 0) is 48.8 Å². The lowest BCUT2D eigenvalue weighted by Crippen LogP contribution is -2.52. The fourth-order valence-electron chi connectivity index (χ4n) is 2.65. The molecule has 2 rings (SSSR count). The number of hydrogen-bond donors (Lipinski definition) is 3. The quantitative estimate of drug-likeness (QED) is 0.481. The summed E-state index contributed by atoms with van der Waals surface area (Å²) < 4.78 is 26.9. The van der Waals surface area contributed by atoms with E-state index in [2.05, 4.69) is 30.0 Å². The summed E-state index contributed by atoms with van der Waals surface area (Å²) in [5.41, 5.74) is 5.27. The molecule has 0 aliphatic carbocycles. The minimum atomic E-state index is -3.52. The molecule has 1 aliphatic rings. The molecule has 0 spiro atoms. The Morgan fingerprint density at radius 1 is 1.42 bits per heavy atom. The van der Waals surface area contributed by atoms with Crippen molar-refractivity contribution in [3.8, 4) is 0 Å². The van der Waals surface area contributed by atoms with Gasteiger partial charge in [-0.15, -0.1) is 11.3 Å². The van der Waals surface area contributed by atoms with E-state index in [0.717, 1.165) is 13.0 Å². The number of rotatable bonds is 6. The van der Waals surface area contributed by atoms with Gasteiger partial charge in [-0.2, -0.15) is 4.31 Å². The highest BCUT2D eigenvalue weighted by molar-refractivity contribution is 7.91. The molecule has 1 fully saturated rings. The Kier molecular flexibility index (Phi) is 7.81. The number of thiocarbonyl (C=S) groups is 1. The average Bonchev–Trinajstić information content (AvgIpc) is 3.15. The van der Waals surface area contributed by atoms with E-state index < -0.39 is 15.9 Å². The maximum absolute atomic E-state index is 12.6. The number of nitrogens with one attached hydrogen (secondary N) is 3. The number of sulfonamides is 1. The van der Waals surface area contributed by atoms with Crippen LogP contribution in [0, 0.1) is 11.8 Å². The zero-order chi connectivity index (χ0) is 19.2. The SMILES string of the molecule is CC(C)CCNC(=S)NNC(=O)[C@@H]1CCCN(S(=O)(=O)c2cccs2)C1. The minimum Gasteiger partial charge on any atom is -0.361 e. The van der Waals surface area contributed by atoms with Crippen LogP contribution in [0.2, 0.25) is 0 Å². The molecule has 1 amide bonds. The molecule has 1 aromatic rings. The first-order valence-electron chi connectivity index (χ1n) is 8.68. The Labute approximate surface area is 164 Å². The van der Waals surface area contributed by atoms with Crippen LogP contribution >= 0.6 is 23.6 Å². The summed E-state index contributed by atoms with van der Waals surface area (Å²) in [6.45, 7) is 5.60. The fourth-order valence-corrected chi connectivity index (χ4v) is 5.47. The Bertz CT molecular complexity index is 704. The number of thiophene rings is 1. The molecule has 10 heteroatoms. The van der Waals surface area contributed by atoms with E-state index in [4.69, 9.17) is 12.2 Å². The van der Waals surface area contributed by atoms with Crippen molar-refractivity contribution in [2.45, 2.75) is 37.3 Å². The van der Waals surface area contributed by atoms with Crippen molar-refractivity contribution in [1.29, 1.82) is 0 Å². The van der Waals surface area contributed by atoms with Crippen LogP contribution in [-0.2, 0) is 14.8 Å². The van der Waals surface area contributed by atoms with Gasteiger partial charge in [0, 0.05) is 19.6 Å². The highest BCUT2D eigenvalue weighted by atomic mass is 32.2. The van der Waals surface area contributed by atoms with Crippen LogP contribution in [0.3, 0.4) is 0 Å². The first-order chi connectivity index (χ1) is 12.3. The molecule has 1 atom stereocenters. The van der Waals surface area contributed by atoms with Crippen LogP contribution in [0.15, 0.2) is 21.7 Å². The Morgan fingerprint density at radius 2 is 2.19 bits per heavy atom. The number of hydrogen-bond acceptors (Lipinski definition) is 5. The monoisotopic (exact) mass is 418 g/mol. The number of amides is 1. The van der Waals surface area contributed by atoms with E-state index in [1.54, 1.807) is 17.5 Å². The first-order valence-corrected chi connectivity index (χ1v) is 11.4. The van der Waals surface area contributed by atoms with Gasteiger partial charge < -0.3 is 5.32 Å². The number of carbonyl (C=O) groups is 1. The number of carbonyl (C=O) groups excluding carboxylic acids is 1. The van der Waals surface area contributed by atoms with Gasteiger partial charge in [-0.1, -0.05) is 19.9 Å². The second kappa shape index (κ2) is 9.63. The van der Waals surface area contributed by atoms with Crippen LogP contribution in [-0.4, -0.2) is 43.4 Å². The highest BCUT2D eigenvalue weighted by Crippen LogP contribution is 2.26. The molecule has 0 bridgehead atoms. The third kappa shape index (κ3) is 5.90. The molecule has 146 valence electrons. The van der Waals surface area contributed by atoms with E-state index in [0.29, 0.717) is 34.6 Å². The van der Waals surface area contributed by atoms with Crippen molar-refractivity contribution in [2.75, 3.05) is 19.6 Å². The minimum absolute atomic E-state index is 0.182. The number of hydrazine groups is 1. The van der Waals surface area contributed by atoms with Gasteiger partial charge >= 0.3 is 0 Å². The van der Waals surface area contributed by atoms with Crippen LogP contribution < -0.4 is 16.2 Å². The molecule has 0 unspecified atom stereocenters. The zero-order valence-electron chi connectivity index (χ0n) is 15.0. The molecular formula is C16H26N4O3S3. The summed E-state index contributed by atoms with van der Waals surface area (Å²) in [5, 5.41) is 5.12. The lowest BCUT2D eigenvalue weighted by Gasteiger charge is -2.30. The van der Waals surface area contributed by atoms with Gasteiger partial charge in [-0.3, -0.25) is 15.6 Å². The van der Waals surface area contributed by atoms with Crippen LogP contribution in [0.25, 0.3) is 0 Å². The zero-order valence-corrected chi connectivity index (χ0v) is 17.5. The molecule has 0 radical (unpaired) electrons. The van der Waals surface area contributed by atoms with Gasteiger partial charge in [0.15, 0.2) is 5.11 Å². The number of nitrogens with zero attached hydrogens (tertiary/aromatic N) is 1. The maximum Gasteiger partial charge on any atom is 0.252 e. The van der Waals surface area contributed by atoms with Crippen molar-refractivity contribution < 1.29 is 13.2 Å². The molecule has 0 saturated carbocycles. The van der Waals surface area contributed by atoms with Gasteiger partial charge in [0.25, 0.3) is 10.0 Å². The summed E-state index contributed by atoms with van der Waals surface area (Å²) in [4.78, 5) is 12.4. The standard InChI is InChI=1S/C16H26N4O3S3/c1-12(2)7-8-17-16(24)19-18-15(21)13-5-3-9-20(11-13)26(22,23)14-6-4-10-25-14/h4,6,10,12-13H,3,5,7-9,11H2,1-2H3,(H,18,21)(H2,17,19,24)/t13-/m1/s1. The van der Waals surface area contributed by atoms with Gasteiger partial charge in [0.2, 0.25) is 5.91 Å². The van der Waals surface area contributed by atoms with Gasteiger partial charge in [0.05, 0.1) is 5.92 Å². The summed E-state index contributed by atoms with van der Waals surface area (Å²) in [7, 11) is -3.52. The fraction of sp³-hybridized carbons (Fsp3) is 0.625. The Balaban J connectivity index is 1.83. The summed E-state index contributed by atoms with van der Waals surface area (Å²) >= 11 is 6.31. The normalized spacial score (nSPS) is 18.5. The largest absolute Gasteiger partial charge is 0.361 e. The van der Waals surface area contributed by atoms with Crippen molar-refractivity contribution in [3.63, 3.8) is 0 Å². The lowest BCUT2D eigenvalue weighted by molar-refractivity contribution is -0.126. The smallest absolute Gasteiger partial charge is 0.252 e. The molecule has 0 aromatic carbocycles. The van der Waals surface area contributed by atoms with Crippen molar-refractivity contribution in [2.24, 2.45) is 11.8 Å². The molecule has 2 heterocycles. The second-order valence-corrected chi connectivity index (χ2v) is 10.2. The molecule has 7 nitrogen and oxygen atoms in total. The predicted octanol–water partition coefficient (Wildman–Crippen LogP) is 1.69. The summed E-state index contributed by atoms with van der Waals surface area (Å²) in [5.74, 6) is -0.0769. The van der Waals surface area contributed by atoms with E-state index >= 15 is 0 Å². The van der Waals surface area contributed by atoms with Crippen LogP contribution in [0.1, 0.15) is 33.1 Å². The number of piperidine rings is 1. The molecular weight excluding hydrogens is 392 g/mol. The molecule has 26 heavy (non-hydrogen) atoms. The van der Waals surface area contributed by atoms with Crippen LogP contribution in [0.5, 0.6) is 0 Å². The topological polar surface area (TPSA) is 90.5 Å². The van der Waals surface area contributed by atoms with Crippen LogP contribution in [0.4, 0.5) is 0 Å². The molecule has 1 aliphatic heterocycles. The van der Waals surface area contributed by atoms with E-state index in [9.17, 15) is 13.2 Å². The van der Waals surface area contributed by atoms with Crippen molar-refractivity contribution in [3.05, 3.63) is 17.5 Å². The second-order valence-electron chi connectivity index (χ2n) is 6.69. The average molecular weight is 419 g/mol. The maximum atomic E-state index is 12.6. The van der Waals surface area contributed by atoms with E-state index in [1.165, 1.54) is 15.6 Å². The molecule has 1 saturated heterocycles. The lowest BCUT2D eigenvalue weighted by atomic mass is 9.99. The van der Waals surface area contributed by atoms with E-state index in [-0.39, 0.29) is 12.5 Å². The van der Waals surface area contributed by atoms with Gasteiger partial charge in [-0.25, -0.2) is 8.42 Å². The first kappa shape index (κ1) is 21.1. The highest BCUT2D eigenvalue weighted by Gasteiger charge is 2.33. The third-order valence-corrected chi connectivity index (χ3v) is 7.64. The van der Waals surface area contributed by atoms with Crippen molar-refractivity contribution >= 4 is 44.6 Å². The molecule has 3 N–H and O–H groups in total. The van der Waals surface area contributed by atoms with E-state index in [1.807, 2.05) is 0 Å².